The lowest BCUT2D eigenvalue weighted by Gasteiger charge is -2.27. The van der Waals surface area contributed by atoms with Crippen LogP contribution in [0.5, 0.6) is 17.2 Å². The molecular weight excluding hydrogens is 506 g/mol. The zero-order valence-electron chi connectivity index (χ0n) is 24.2. The first kappa shape index (κ1) is 28.7. The van der Waals surface area contributed by atoms with E-state index in [2.05, 4.69) is 0 Å². The Bertz CT molecular complexity index is 1470. The molecule has 1 unspecified atom stereocenters. The van der Waals surface area contributed by atoms with Crippen LogP contribution in [0, 0.1) is 13.8 Å². The molecule has 7 heteroatoms. The molecule has 1 aliphatic heterocycles. The van der Waals surface area contributed by atoms with Gasteiger partial charge in [0.05, 0.1) is 31.9 Å². The minimum Gasteiger partial charge on any atom is -0.507 e. The maximum Gasteiger partial charge on any atom is 0.300 e. The van der Waals surface area contributed by atoms with Crippen molar-refractivity contribution >= 4 is 23.1 Å². The molecule has 7 nitrogen and oxygen atoms in total. The Morgan fingerprint density at radius 1 is 0.900 bits per heavy atom. The molecule has 3 aromatic rings. The molecule has 3 aromatic carbocycles. The SMILES string of the molecule is CCOc1cc(C2/C(=C(\O)c3ccc(OCC)c(C(C)C)c3)C(=O)C(=O)N2c2cc(C)ccc2C)ccc1OC. The highest BCUT2D eigenvalue weighted by Crippen LogP contribution is 2.45. The summed E-state index contributed by atoms with van der Waals surface area (Å²) in [5.74, 6) is 0.145. The maximum atomic E-state index is 13.7. The van der Waals surface area contributed by atoms with Crippen molar-refractivity contribution in [3.63, 3.8) is 0 Å². The highest BCUT2D eigenvalue weighted by atomic mass is 16.5. The number of carbonyl (C=O) groups excluding carboxylic acids is 2. The van der Waals surface area contributed by atoms with Crippen LogP contribution >= 0.6 is 0 Å². The highest BCUT2D eigenvalue weighted by molar-refractivity contribution is 6.51. The lowest BCUT2D eigenvalue weighted by Crippen LogP contribution is -2.30. The minimum atomic E-state index is -0.889. The van der Waals surface area contributed by atoms with E-state index in [1.165, 1.54) is 4.90 Å². The van der Waals surface area contributed by atoms with Gasteiger partial charge in [-0.25, -0.2) is 0 Å². The quantitative estimate of drug-likeness (QED) is 0.180. The van der Waals surface area contributed by atoms with Gasteiger partial charge in [-0.2, -0.15) is 0 Å². The first-order valence-corrected chi connectivity index (χ1v) is 13.6. The van der Waals surface area contributed by atoms with Crippen molar-refractivity contribution in [2.24, 2.45) is 0 Å². The number of hydrogen-bond donors (Lipinski definition) is 1. The van der Waals surface area contributed by atoms with Gasteiger partial charge in [-0.15, -0.1) is 0 Å². The van der Waals surface area contributed by atoms with Gasteiger partial charge in [-0.1, -0.05) is 32.0 Å². The summed E-state index contributed by atoms with van der Waals surface area (Å²) in [4.78, 5) is 28.9. The molecule has 0 aromatic heterocycles. The lowest BCUT2D eigenvalue weighted by molar-refractivity contribution is -0.132. The van der Waals surface area contributed by atoms with Gasteiger partial charge >= 0.3 is 0 Å². The summed E-state index contributed by atoms with van der Waals surface area (Å²) in [6.07, 6.45) is 0. The number of rotatable bonds is 9. The van der Waals surface area contributed by atoms with Gasteiger partial charge in [-0.05, 0) is 92.3 Å². The molecule has 1 saturated heterocycles. The summed E-state index contributed by atoms with van der Waals surface area (Å²) < 4.78 is 17.1. The van der Waals surface area contributed by atoms with Gasteiger partial charge in [0, 0.05) is 11.3 Å². The highest BCUT2D eigenvalue weighted by Gasteiger charge is 2.47. The normalized spacial score (nSPS) is 16.5. The van der Waals surface area contributed by atoms with Crippen molar-refractivity contribution < 1.29 is 28.9 Å². The first-order chi connectivity index (χ1) is 19.1. The molecule has 1 atom stereocenters. The molecule has 0 bridgehead atoms. The maximum absolute atomic E-state index is 13.7. The van der Waals surface area contributed by atoms with E-state index in [-0.39, 0.29) is 17.3 Å². The predicted molar refractivity (Wildman–Crippen MR) is 157 cm³/mol. The minimum absolute atomic E-state index is 0.0115. The molecule has 1 amide bonds. The zero-order valence-corrected chi connectivity index (χ0v) is 24.2. The summed E-state index contributed by atoms with van der Waals surface area (Å²) in [5, 5.41) is 11.7. The second kappa shape index (κ2) is 11.9. The van der Waals surface area contributed by atoms with Crippen LogP contribution in [0.3, 0.4) is 0 Å². The molecule has 0 radical (unpaired) electrons. The summed E-state index contributed by atoms with van der Waals surface area (Å²) >= 11 is 0. The number of nitrogens with zero attached hydrogens (tertiary/aromatic N) is 1. The number of methoxy groups -OCH3 is 1. The van der Waals surface area contributed by atoms with Gasteiger partial charge in [0.25, 0.3) is 11.7 Å². The van der Waals surface area contributed by atoms with Crippen LogP contribution in [0.4, 0.5) is 5.69 Å². The van der Waals surface area contributed by atoms with Crippen molar-refractivity contribution in [3.8, 4) is 17.2 Å². The Morgan fingerprint density at radius 2 is 1.57 bits per heavy atom. The smallest absolute Gasteiger partial charge is 0.300 e. The van der Waals surface area contributed by atoms with E-state index in [0.717, 1.165) is 22.4 Å². The average Bonchev–Trinajstić information content (AvgIpc) is 3.20. The number of carbonyl (C=O) groups is 2. The third kappa shape index (κ3) is 5.28. The van der Waals surface area contributed by atoms with Crippen molar-refractivity contribution in [2.45, 2.75) is 53.5 Å². The number of Topliss-reactive ketones (excluding diaryl/α,β-unsaturated/α-hetero) is 1. The largest absolute Gasteiger partial charge is 0.507 e. The molecule has 1 heterocycles. The second-order valence-corrected chi connectivity index (χ2v) is 10.1. The average molecular weight is 544 g/mol. The lowest BCUT2D eigenvalue weighted by atomic mass is 9.92. The van der Waals surface area contributed by atoms with Crippen LogP contribution < -0.4 is 19.1 Å². The van der Waals surface area contributed by atoms with E-state index in [1.807, 2.05) is 65.8 Å². The Balaban J connectivity index is 1.99. The number of aryl methyl sites for hydroxylation is 2. The number of amides is 1. The van der Waals surface area contributed by atoms with E-state index < -0.39 is 17.7 Å². The van der Waals surface area contributed by atoms with Gasteiger partial charge in [0.2, 0.25) is 0 Å². The fourth-order valence-electron chi connectivity index (χ4n) is 5.10. The molecule has 1 fully saturated rings. The number of aliphatic hydroxyl groups excluding tert-OH is 1. The first-order valence-electron chi connectivity index (χ1n) is 13.6. The van der Waals surface area contributed by atoms with Crippen LogP contribution in [0.1, 0.15) is 67.5 Å². The van der Waals surface area contributed by atoms with Crippen molar-refractivity contribution in [2.75, 3.05) is 25.2 Å². The zero-order chi connectivity index (χ0) is 29.1. The number of ketones is 1. The fraction of sp³-hybridized carbons (Fsp3) is 0.333. The summed E-state index contributed by atoms with van der Waals surface area (Å²) in [6, 6.07) is 15.5. The Hall–Kier alpha value is -4.26. The molecule has 0 spiro atoms. The Labute approximate surface area is 236 Å². The van der Waals surface area contributed by atoms with Crippen LogP contribution in [-0.2, 0) is 9.59 Å². The van der Waals surface area contributed by atoms with E-state index >= 15 is 0 Å². The predicted octanol–water partition coefficient (Wildman–Crippen LogP) is 6.86. The van der Waals surface area contributed by atoms with Gasteiger partial charge < -0.3 is 19.3 Å². The molecule has 0 saturated carbocycles. The monoisotopic (exact) mass is 543 g/mol. The fourth-order valence-corrected chi connectivity index (χ4v) is 5.10. The second-order valence-electron chi connectivity index (χ2n) is 10.1. The summed E-state index contributed by atoms with van der Waals surface area (Å²) in [6.45, 7) is 12.6. The van der Waals surface area contributed by atoms with E-state index in [4.69, 9.17) is 14.2 Å². The number of hydrogen-bond acceptors (Lipinski definition) is 6. The number of benzene rings is 3. The molecule has 1 aliphatic rings. The van der Waals surface area contributed by atoms with Crippen LogP contribution in [0.25, 0.3) is 5.76 Å². The molecule has 4 rings (SSSR count). The van der Waals surface area contributed by atoms with Crippen molar-refractivity contribution in [1.29, 1.82) is 0 Å². The summed E-state index contributed by atoms with van der Waals surface area (Å²) in [7, 11) is 1.55. The molecule has 0 aliphatic carbocycles. The van der Waals surface area contributed by atoms with Crippen molar-refractivity contribution in [3.05, 3.63) is 88.0 Å². The number of anilines is 1. The molecular formula is C33H37NO6. The Morgan fingerprint density at radius 3 is 2.23 bits per heavy atom. The van der Waals surface area contributed by atoms with E-state index in [0.29, 0.717) is 41.5 Å². The molecule has 210 valence electrons. The van der Waals surface area contributed by atoms with E-state index in [9.17, 15) is 14.7 Å². The molecule has 40 heavy (non-hydrogen) atoms. The molecule has 1 N–H and O–H groups in total. The van der Waals surface area contributed by atoms with Gasteiger partial charge in [0.15, 0.2) is 11.5 Å². The number of aliphatic hydroxyl groups is 1. The third-order valence-corrected chi connectivity index (χ3v) is 7.08. The Kier molecular flexibility index (Phi) is 8.52. The third-order valence-electron chi connectivity index (χ3n) is 7.08. The topological polar surface area (TPSA) is 85.3 Å². The summed E-state index contributed by atoms with van der Waals surface area (Å²) in [5.41, 5.74) is 4.34. The van der Waals surface area contributed by atoms with Crippen LogP contribution in [0.2, 0.25) is 0 Å². The van der Waals surface area contributed by atoms with Crippen LogP contribution in [-0.4, -0.2) is 37.1 Å². The van der Waals surface area contributed by atoms with Gasteiger partial charge in [0.1, 0.15) is 11.5 Å². The van der Waals surface area contributed by atoms with Crippen LogP contribution in [0.15, 0.2) is 60.2 Å². The van der Waals surface area contributed by atoms with E-state index in [1.54, 1.807) is 37.4 Å². The van der Waals surface area contributed by atoms with Gasteiger partial charge in [-0.3, -0.25) is 14.5 Å². The van der Waals surface area contributed by atoms with Crippen molar-refractivity contribution in [1.82, 2.24) is 0 Å². The number of ether oxygens (including phenoxy) is 3. The standard InChI is InChI=1S/C33H37NO6/c1-8-39-26-14-13-23(17-24(26)19(3)4)31(35)29-30(22-12-15-27(38-7)28(18-22)40-9-2)34(33(37)32(29)36)25-16-20(5)10-11-21(25)6/h10-19,30,35H,8-9H2,1-7H3/b31-29+.